The fraction of sp³-hybridized carbons (Fsp3) is 0.929. The average Bonchev–Trinajstić information content (AvgIpc) is 3.00. The number of nitrogens with one attached hydrogen (secondary N) is 1. The number of rotatable bonds is 5. The third kappa shape index (κ3) is 3.01. The molecule has 2 fully saturated rings. The average molecular weight is 239 g/mol. The van der Waals surface area contributed by atoms with Gasteiger partial charge in [-0.2, -0.15) is 0 Å². The Labute approximate surface area is 104 Å². The molecule has 2 aliphatic rings. The quantitative estimate of drug-likeness (QED) is 0.772. The fourth-order valence-corrected chi connectivity index (χ4v) is 3.40. The molecule has 2 rings (SSSR count). The van der Waals surface area contributed by atoms with Crippen LogP contribution in [0.1, 0.15) is 52.4 Å². The highest BCUT2D eigenvalue weighted by Gasteiger charge is 2.54. The number of hydrogen-bond acceptors (Lipinski definition) is 2. The lowest BCUT2D eigenvalue weighted by atomic mass is 10.0. The van der Waals surface area contributed by atoms with Gasteiger partial charge in [0.05, 0.1) is 5.60 Å². The summed E-state index contributed by atoms with van der Waals surface area (Å²) in [5.74, 6) is 1.74. The SMILES string of the molecule is CCCC(C)(O)CNC(=O)C1C2CCCCC21. The largest absolute Gasteiger partial charge is 0.388 e. The van der Waals surface area contributed by atoms with Gasteiger partial charge in [-0.3, -0.25) is 4.79 Å². The van der Waals surface area contributed by atoms with Crippen LogP contribution in [0.5, 0.6) is 0 Å². The standard InChI is InChI=1S/C14H25NO2/c1-3-8-14(2,17)9-15-13(16)12-10-6-4-5-7-11(10)12/h10-12,17H,3-9H2,1-2H3,(H,15,16). The van der Waals surface area contributed by atoms with Gasteiger partial charge in [0.25, 0.3) is 0 Å². The Bertz CT molecular complexity index is 276. The molecule has 2 saturated carbocycles. The van der Waals surface area contributed by atoms with Crippen LogP contribution in [-0.2, 0) is 4.79 Å². The molecule has 3 heteroatoms. The topological polar surface area (TPSA) is 49.3 Å². The highest BCUT2D eigenvalue weighted by molar-refractivity contribution is 5.82. The van der Waals surface area contributed by atoms with Gasteiger partial charge in [0, 0.05) is 12.5 Å². The molecule has 0 aliphatic heterocycles. The highest BCUT2D eigenvalue weighted by Crippen LogP contribution is 2.55. The predicted molar refractivity (Wildman–Crippen MR) is 67.5 cm³/mol. The second kappa shape index (κ2) is 4.97. The van der Waals surface area contributed by atoms with Crippen LogP contribution < -0.4 is 5.32 Å². The van der Waals surface area contributed by atoms with Gasteiger partial charge in [-0.05, 0) is 38.0 Å². The van der Waals surface area contributed by atoms with Gasteiger partial charge in [-0.15, -0.1) is 0 Å². The third-order valence-electron chi connectivity index (χ3n) is 4.39. The van der Waals surface area contributed by atoms with Gasteiger partial charge in [0.1, 0.15) is 0 Å². The van der Waals surface area contributed by atoms with Crippen molar-refractivity contribution in [1.82, 2.24) is 5.32 Å². The molecule has 98 valence electrons. The molecule has 3 atom stereocenters. The zero-order valence-electron chi connectivity index (χ0n) is 11.0. The first-order valence-corrected chi connectivity index (χ1v) is 7.05. The van der Waals surface area contributed by atoms with Crippen molar-refractivity contribution in [2.75, 3.05) is 6.54 Å². The number of amides is 1. The van der Waals surface area contributed by atoms with Crippen molar-refractivity contribution >= 4 is 5.91 Å². The summed E-state index contributed by atoms with van der Waals surface area (Å²) in [5.41, 5.74) is -0.746. The summed E-state index contributed by atoms with van der Waals surface area (Å²) in [5, 5.41) is 12.9. The number of hydrogen-bond donors (Lipinski definition) is 2. The van der Waals surface area contributed by atoms with Gasteiger partial charge in [0.2, 0.25) is 5.91 Å². The van der Waals surface area contributed by atoms with E-state index in [2.05, 4.69) is 5.32 Å². The molecule has 0 heterocycles. The summed E-state index contributed by atoms with van der Waals surface area (Å²) in [4.78, 5) is 12.0. The maximum atomic E-state index is 12.0. The lowest BCUT2D eigenvalue weighted by Crippen LogP contribution is -2.41. The summed E-state index contributed by atoms with van der Waals surface area (Å²) in [6, 6.07) is 0. The van der Waals surface area contributed by atoms with Crippen molar-refractivity contribution in [2.24, 2.45) is 17.8 Å². The van der Waals surface area contributed by atoms with E-state index >= 15 is 0 Å². The molecule has 3 nitrogen and oxygen atoms in total. The van der Waals surface area contributed by atoms with Gasteiger partial charge >= 0.3 is 0 Å². The second-order valence-electron chi connectivity index (χ2n) is 6.10. The van der Waals surface area contributed by atoms with Crippen LogP contribution in [0.25, 0.3) is 0 Å². The molecule has 0 saturated heterocycles. The van der Waals surface area contributed by atoms with Crippen molar-refractivity contribution in [3.63, 3.8) is 0 Å². The first-order chi connectivity index (χ1) is 8.05. The van der Waals surface area contributed by atoms with E-state index in [1.807, 2.05) is 6.92 Å². The molecule has 2 aliphatic carbocycles. The van der Waals surface area contributed by atoms with E-state index in [9.17, 15) is 9.90 Å². The molecule has 0 aromatic carbocycles. The maximum absolute atomic E-state index is 12.0. The number of fused-ring (bicyclic) bond motifs is 1. The van der Waals surface area contributed by atoms with Crippen molar-refractivity contribution in [1.29, 1.82) is 0 Å². The lowest BCUT2D eigenvalue weighted by molar-refractivity contribution is -0.124. The molecule has 3 unspecified atom stereocenters. The van der Waals surface area contributed by atoms with Crippen LogP contribution in [0.2, 0.25) is 0 Å². The zero-order chi connectivity index (χ0) is 12.5. The van der Waals surface area contributed by atoms with Gasteiger partial charge < -0.3 is 10.4 Å². The Morgan fingerprint density at radius 3 is 2.47 bits per heavy atom. The Morgan fingerprint density at radius 1 is 1.35 bits per heavy atom. The minimum atomic E-state index is -0.746. The van der Waals surface area contributed by atoms with Crippen LogP contribution in [0.4, 0.5) is 0 Å². The molecule has 0 bridgehead atoms. The number of carbonyl (C=O) groups excluding carboxylic acids is 1. The molecule has 0 radical (unpaired) electrons. The number of carbonyl (C=O) groups is 1. The van der Waals surface area contributed by atoms with Crippen molar-refractivity contribution in [3.05, 3.63) is 0 Å². The Hall–Kier alpha value is -0.570. The highest BCUT2D eigenvalue weighted by atomic mass is 16.3. The van der Waals surface area contributed by atoms with Gasteiger partial charge in [-0.25, -0.2) is 0 Å². The molecule has 2 N–H and O–H groups in total. The summed E-state index contributed by atoms with van der Waals surface area (Å²) in [7, 11) is 0. The van der Waals surface area contributed by atoms with E-state index < -0.39 is 5.60 Å². The van der Waals surface area contributed by atoms with Crippen LogP contribution in [0.3, 0.4) is 0 Å². The van der Waals surface area contributed by atoms with E-state index in [4.69, 9.17) is 0 Å². The molecule has 1 amide bonds. The van der Waals surface area contributed by atoms with Crippen LogP contribution in [0, 0.1) is 17.8 Å². The molecule has 17 heavy (non-hydrogen) atoms. The van der Waals surface area contributed by atoms with E-state index in [0.717, 1.165) is 12.8 Å². The van der Waals surface area contributed by atoms with E-state index in [0.29, 0.717) is 18.4 Å². The smallest absolute Gasteiger partial charge is 0.223 e. The van der Waals surface area contributed by atoms with Crippen LogP contribution in [0.15, 0.2) is 0 Å². The van der Waals surface area contributed by atoms with Crippen molar-refractivity contribution in [3.8, 4) is 0 Å². The summed E-state index contributed by atoms with van der Waals surface area (Å²) < 4.78 is 0. The lowest BCUT2D eigenvalue weighted by Gasteiger charge is -2.23. The molecule has 0 aromatic heterocycles. The third-order valence-corrected chi connectivity index (χ3v) is 4.39. The Kier molecular flexibility index (Phi) is 3.76. The minimum Gasteiger partial charge on any atom is -0.388 e. The number of aliphatic hydroxyl groups is 1. The second-order valence-corrected chi connectivity index (χ2v) is 6.10. The van der Waals surface area contributed by atoms with Gasteiger partial charge in [0.15, 0.2) is 0 Å². The monoisotopic (exact) mass is 239 g/mol. The fourth-order valence-electron chi connectivity index (χ4n) is 3.40. The minimum absolute atomic E-state index is 0.179. The molecule has 0 aromatic rings. The molecule has 0 spiro atoms. The zero-order valence-corrected chi connectivity index (χ0v) is 11.0. The van der Waals surface area contributed by atoms with E-state index in [-0.39, 0.29) is 11.8 Å². The van der Waals surface area contributed by atoms with Crippen LogP contribution in [-0.4, -0.2) is 23.2 Å². The summed E-state index contributed by atoms with van der Waals surface area (Å²) >= 11 is 0. The van der Waals surface area contributed by atoms with Crippen LogP contribution >= 0.6 is 0 Å². The Morgan fingerprint density at radius 2 is 1.94 bits per heavy atom. The molecular weight excluding hydrogens is 214 g/mol. The summed E-state index contributed by atoms with van der Waals surface area (Å²) in [6.45, 7) is 4.25. The van der Waals surface area contributed by atoms with Crippen molar-refractivity contribution < 1.29 is 9.90 Å². The normalized spacial score (nSPS) is 34.6. The Balaban J connectivity index is 1.75. The van der Waals surface area contributed by atoms with E-state index in [1.54, 1.807) is 6.92 Å². The van der Waals surface area contributed by atoms with Gasteiger partial charge in [-0.1, -0.05) is 26.2 Å². The van der Waals surface area contributed by atoms with E-state index in [1.165, 1.54) is 25.7 Å². The predicted octanol–water partition coefficient (Wildman–Crippen LogP) is 2.09. The first kappa shape index (κ1) is 12.9. The molecular formula is C14H25NO2. The maximum Gasteiger partial charge on any atom is 0.223 e. The first-order valence-electron chi connectivity index (χ1n) is 7.05. The van der Waals surface area contributed by atoms with Crippen molar-refractivity contribution in [2.45, 2.75) is 58.0 Å². The summed E-state index contributed by atoms with van der Waals surface area (Å²) in [6.07, 6.45) is 6.72.